The molecule has 0 bridgehead atoms. The highest BCUT2D eigenvalue weighted by Crippen LogP contribution is 2.56. The molecule has 0 aliphatic heterocycles. The van der Waals surface area contributed by atoms with Crippen molar-refractivity contribution in [2.24, 2.45) is 5.41 Å². The lowest BCUT2D eigenvalue weighted by molar-refractivity contribution is 0.539. The van der Waals surface area contributed by atoms with Crippen molar-refractivity contribution in [3.8, 4) is 11.4 Å². The molecule has 1 aliphatic carbocycles. The number of nitrogens with zero attached hydrogens (tertiary/aromatic N) is 3. The second kappa shape index (κ2) is 3.50. The van der Waals surface area contributed by atoms with Gasteiger partial charge < -0.3 is 0 Å². The monoisotopic (exact) mass is 246 g/mol. The largest absolute Gasteiger partial charge is 0.296 e. The standard InChI is InChI=1S/C12H14N4S/c1-12(2)7-9(12)16-10(14-15-11(16)17)8-3-5-13-6-4-8/h3-6,9H,7H2,1-2H3,(H,15,17). The van der Waals surface area contributed by atoms with Crippen LogP contribution in [0.5, 0.6) is 0 Å². The summed E-state index contributed by atoms with van der Waals surface area (Å²) < 4.78 is 2.83. The van der Waals surface area contributed by atoms with E-state index in [1.807, 2.05) is 12.1 Å². The van der Waals surface area contributed by atoms with E-state index in [1.54, 1.807) is 12.4 Å². The number of H-pyrrole nitrogens is 1. The smallest absolute Gasteiger partial charge is 0.195 e. The van der Waals surface area contributed by atoms with Gasteiger partial charge in [-0.25, -0.2) is 0 Å². The third kappa shape index (κ3) is 1.70. The molecular formula is C12H14N4S. The molecule has 0 radical (unpaired) electrons. The van der Waals surface area contributed by atoms with Crippen molar-refractivity contribution in [1.82, 2.24) is 19.7 Å². The molecule has 5 heteroatoms. The van der Waals surface area contributed by atoms with E-state index in [4.69, 9.17) is 12.2 Å². The van der Waals surface area contributed by atoms with Crippen LogP contribution in [0.25, 0.3) is 11.4 Å². The van der Waals surface area contributed by atoms with E-state index >= 15 is 0 Å². The van der Waals surface area contributed by atoms with E-state index in [9.17, 15) is 0 Å². The van der Waals surface area contributed by atoms with Crippen molar-refractivity contribution >= 4 is 12.2 Å². The van der Waals surface area contributed by atoms with E-state index < -0.39 is 0 Å². The molecule has 4 nitrogen and oxygen atoms in total. The van der Waals surface area contributed by atoms with Gasteiger partial charge >= 0.3 is 0 Å². The minimum Gasteiger partial charge on any atom is -0.296 e. The van der Waals surface area contributed by atoms with Crippen LogP contribution in [-0.2, 0) is 0 Å². The van der Waals surface area contributed by atoms with Gasteiger partial charge in [0.05, 0.1) is 0 Å². The van der Waals surface area contributed by atoms with E-state index in [2.05, 4.69) is 33.6 Å². The quantitative estimate of drug-likeness (QED) is 0.829. The molecule has 2 heterocycles. The Kier molecular flexibility index (Phi) is 2.19. The predicted molar refractivity (Wildman–Crippen MR) is 68.1 cm³/mol. The van der Waals surface area contributed by atoms with Gasteiger partial charge in [0, 0.05) is 24.0 Å². The van der Waals surface area contributed by atoms with Gasteiger partial charge in [-0.05, 0) is 36.2 Å². The molecule has 3 rings (SSSR count). The molecule has 0 spiro atoms. The Morgan fingerprint density at radius 2 is 2.06 bits per heavy atom. The van der Waals surface area contributed by atoms with Gasteiger partial charge in [-0.3, -0.25) is 14.6 Å². The van der Waals surface area contributed by atoms with Crippen molar-refractivity contribution < 1.29 is 0 Å². The van der Waals surface area contributed by atoms with Crippen LogP contribution in [0.15, 0.2) is 24.5 Å². The SMILES string of the molecule is CC1(C)CC1n1c(-c2ccncc2)n[nH]c1=S. The van der Waals surface area contributed by atoms with Crippen LogP contribution in [0, 0.1) is 10.2 Å². The highest BCUT2D eigenvalue weighted by molar-refractivity contribution is 7.71. The van der Waals surface area contributed by atoms with Gasteiger partial charge in [-0.1, -0.05) is 13.8 Å². The zero-order valence-corrected chi connectivity index (χ0v) is 10.7. The lowest BCUT2D eigenvalue weighted by atomic mass is 10.2. The fraction of sp³-hybridized carbons (Fsp3) is 0.417. The second-order valence-corrected chi connectivity index (χ2v) is 5.55. The summed E-state index contributed by atoms with van der Waals surface area (Å²) in [6, 6.07) is 4.37. The molecule has 88 valence electrons. The molecule has 1 saturated carbocycles. The van der Waals surface area contributed by atoms with Crippen LogP contribution in [0.4, 0.5) is 0 Å². The molecule has 1 fully saturated rings. The number of hydrogen-bond acceptors (Lipinski definition) is 3. The van der Waals surface area contributed by atoms with Crippen molar-refractivity contribution in [1.29, 1.82) is 0 Å². The molecule has 0 amide bonds. The Balaban J connectivity index is 2.11. The zero-order chi connectivity index (χ0) is 12.0. The van der Waals surface area contributed by atoms with Crippen LogP contribution in [0.1, 0.15) is 26.3 Å². The molecular weight excluding hydrogens is 232 g/mol. The van der Waals surface area contributed by atoms with E-state index in [1.165, 1.54) is 0 Å². The zero-order valence-electron chi connectivity index (χ0n) is 9.84. The number of aromatic nitrogens is 4. The Hall–Kier alpha value is -1.49. The summed E-state index contributed by atoms with van der Waals surface area (Å²) in [5.41, 5.74) is 1.37. The van der Waals surface area contributed by atoms with Gasteiger partial charge in [0.15, 0.2) is 10.6 Å². The molecule has 17 heavy (non-hydrogen) atoms. The normalized spacial score (nSPS) is 21.4. The van der Waals surface area contributed by atoms with Gasteiger partial charge in [0.25, 0.3) is 0 Å². The molecule has 1 N–H and O–H groups in total. The first-order valence-corrected chi connectivity index (χ1v) is 6.08. The predicted octanol–water partition coefficient (Wildman–Crippen LogP) is 2.97. The molecule has 1 atom stereocenters. The molecule has 1 aliphatic rings. The lowest BCUT2D eigenvalue weighted by Gasteiger charge is -2.08. The maximum atomic E-state index is 5.32. The summed E-state index contributed by atoms with van der Waals surface area (Å²) in [6.07, 6.45) is 4.70. The van der Waals surface area contributed by atoms with E-state index in [0.717, 1.165) is 17.8 Å². The topological polar surface area (TPSA) is 46.5 Å². The lowest BCUT2D eigenvalue weighted by Crippen LogP contribution is -2.03. The van der Waals surface area contributed by atoms with Crippen LogP contribution in [0.3, 0.4) is 0 Å². The summed E-state index contributed by atoms with van der Waals surface area (Å²) in [6.45, 7) is 4.51. The Morgan fingerprint density at radius 3 is 2.65 bits per heavy atom. The van der Waals surface area contributed by atoms with Gasteiger partial charge in [-0.15, -0.1) is 0 Å². The van der Waals surface area contributed by atoms with Crippen molar-refractivity contribution in [2.75, 3.05) is 0 Å². The van der Waals surface area contributed by atoms with E-state index in [0.29, 0.717) is 16.2 Å². The summed E-state index contributed by atoms with van der Waals surface area (Å²) in [7, 11) is 0. The highest BCUT2D eigenvalue weighted by atomic mass is 32.1. The maximum absolute atomic E-state index is 5.32. The van der Waals surface area contributed by atoms with Crippen molar-refractivity contribution in [2.45, 2.75) is 26.3 Å². The Bertz CT molecular complexity index is 596. The number of nitrogens with one attached hydrogen (secondary N) is 1. The van der Waals surface area contributed by atoms with Crippen molar-refractivity contribution in [3.63, 3.8) is 0 Å². The average molecular weight is 246 g/mol. The third-order valence-corrected chi connectivity index (χ3v) is 3.70. The first-order chi connectivity index (χ1) is 8.09. The van der Waals surface area contributed by atoms with Crippen LogP contribution in [0.2, 0.25) is 0 Å². The number of pyridine rings is 1. The number of hydrogen-bond donors (Lipinski definition) is 1. The molecule has 2 aromatic heterocycles. The van der Waals surface area contributed by atoms with Crippen LogP contribution >= 0.6 is 12.2 Å². The molecule has 0 aromatic carbocycles. The summed E-state index contributed by atoms with van der Waals surface area (Å²) in [5, 5.41) is 7.22. The summed E-state index contributed by atoms with van der Waals surface area (Å²) in [4.78, 5) is 4.02. The van der Waals surface area contributed by atoms with Crippen LogP contribution < -0.4 is 0 Å². The van der Waals surface area contributed by atoms with Gasteiger partial charge in [0.2, 0.25) is 0 Å². The van der Waals surface area contributed by atoms with Gasteiger partial charge in [0.1, 0.15) is 0 Å². The average Bonchev–Trinajstić information content (AvgIpc) is 2.77. The minimum atomic E-state index is 0.323. The minimum absolute atomic E-state index is 0.323. The molecule has 2 aromatic rings. The third-order valence-electron chi connectivity index (χ3n) is 3.42. The molecule has 1 unspecified atom stereocenters. The highest BCUT2D eigenvalue weighted by Gasteiger charge is 2.48. The first kappa shape index (κ1) is 10.7. The Morgan fingerprint density at radius 1 is 1.41 bits per heavy atom. The second-order valence-electron chi connectivity index (χ2n) is 5.17. The first-order valence-electron chi connectivity index (χ1n) is 5.67. The number of aromatic amines is 1. The Labute approximate surface area is 105 Å². The number of rotatable bonds is 2. The fourth-order valence-electron chi connectivity index (χ4n) is 2.18. The van der Waals surface area contributed by atoms with Gasteiger partial charge in [-0.2, -0.15) is 5.10 Å². The van der Waals surface area contributed by atoms with E-state index in [-0.39, 0.29) is 0 Å². The van der Waals surface area contributed by atoms with Crippen LogP contribution in [-0.4, -0.2) is 19.7 Å². The maximum Gasteiger partial charge on any atom is 0.195 e. The summed E-state index contributed by atoms with van der Waals surface area (Å²) in [5.74, 6) is 0.910. The van der Waals surface area contributed by atoms with Crippen molar-refractivity contribution in [3.05, 3.63) is 29.3 Å². The summed E-state index contributed by atoms with van der Waals surface area (Å²) >= 11 is 5.32. The molecule has 0 saturated heterocycles. The fourth-order valence-corrected chi connectivity index (χ4v) is 2.44.